The first-order valence-electron chi connectivity index (χ1n) is 5.58. The van der Waals surface area contributed by atoms with E-state index in [1.807, 2.05) is 14.1 Å². The fourth-order valence-corrected chi connectivity index (χ4v) is 1.62. The van der Waals surface area contributed by atoms with E-state index in [1.165, 1.54) is 11.3 Å². The molecule has 4 heteroatoms. The highest BCUT2D eigenvalue weighted by Crippen LogP contribution is 2.16. The van der Waals surface area contributed by atoms with Crippen molar-refractivity contribution >= 4 is 11.7 Å². The summed E-state index contributed by atoms with van der Waals surface area (Å²) in [7, 11) is 5.86. The summed E-state index contributed by atoms with van der Waals surface area (Å²) < 4.78 is 5.48. The Bertz CT molecular complexity index is 474. The first kappa shape index (κ1) is 11.5. The van der Waals surface area contributed by atoms with E-state index in [-0.39, 0.29) is 0 Å². The average molecular weight is 231 g/mol. The van der Waals surface area contributed by atoms with Crippen LogP contribution in [-0.4, -0.2) is 26.1 Å². The molecule has 1 heterocycles. The van der Waals surface area contributed by atoms with Crippen molar-refractivity contribution in [1.29, 1.82) is 0 Å². The van der Waals surface area contributed by atoms with Gasteiger partial charge in [0.1, 0.15) is 5.76 Å². The van der Waals surface area contributed by atoms with Gasteiger partial charge in [-0.2, -0.15) is 0 Å². The van der Waals surface area contributed by atoms with Gasteiger partial charge in [-0.15, -0.1) is 0 Å². The third-order valence-electron chi connectivity index (χ3n) is 2.60. The van der Waals surface area contributed by atoms with Crippen molar-refractivity contribution in [3.8, 4) is 0 Å². The lowest BCUT2D eigenvalue weighted by Crippen LogP contribution is -2.08. The van der Waals surface area contributed by atoms with Gasteiger partial charge in [0.05, 0.1) is 6.20 Å². The molecular weight excluding hydrogens is 214 g/mol. The molecule has 17 heavy (non-hydrogen) atoms. The largest absolute Gasteiger partial charge is 0.428 e. The number of rotatable bonds is 4. The number of oxazole rings is 1. The second kappa shape index (κ2) is 4.91. The summed E-state index contributed by atoms with van der Waals surface area (Å²) in [5.74, 6) is 0.868. The fraction of sp³-hybridized carbons (Fsp3) is 0.308. The highest BCUT2D eigenvalue weighted by atomic mass is 16.4. The highest BCUT2D eigenvalue weighted by Gasteiger charge is 2.03. The summed E-state index contributed by atoms with van der Waals surface area (Å²) in [6.45, 7) is 0. The lowest BCUT2D eigenvalue weighted by Gasteiger charge is -2.12. The van der Waals surface area contributed by atoms with Gasteiger partial charge >= 0.3 is 0 Å². The van der Waals surface area contributed by atoms with Gasteiger partial charge < -0.3 is 14.6 Å². The van der Waals surface area contributed by atoms with Crippen LogP contribution in [0.1, 0.15) is 11.3 Å². The molecule has 1 N–H and O–H groups in total. The molecule has 0 amide bonds. The Hall–Kier alpha value is -1.97. The molecule has 2 rings (SSSR count). The molecule has 0 spiro atoms. The van der Waals surface area contributed by atoms with Crippen LogP contribution in [0, 0.1) is 0 Å². The van der Waals surface area contributed by atoms with Crippen LogP contribution < -0.4 is 10.2 Å². The zero-order valence-corrected chi connectivity index (χ0v) is 10.4. The van der Waals surface area contributed by atoms with Gasteiger partial charge in [0, 0.05) is 33.3 Å². The van der Waals surface area contributed by atoms with Crippen molar-refractivity contribution < 1.29 is 4.42 Å². The fourth-order valence-electron chi connectivity index (χ4n) is 1.62. The number of hydrogen-bond acceptors (Lipinski definition) is 4. The van der Waals surface area contributed by atoms with E-state index in [0.717, 1.165) is 12.2 Å². The second-order valence-electron chi connectivity index (χ2n) is 4.12. The molecule has 1 aromatic carbocycles. The minimum absolute atomic E-state index is 0.560. The minimum atomic E-state index is 0.560. The topological polar surface area (TPSA) is 41.3 Å². The molecule has 0 saturated heterocycles. The molecule has 0 fully saturated rings. The molecule has 90 valence electrons. The monoisotopic (exact) mass is 231 g/mol. The Balaban J connectivity index is 2.08. The van der Waals surface area contributed by atoms with Crippen molar-refractivity contribution in [3.05, 3.63) is 41.8 Å². The van der Waals surface area contributed by atoms with Crippen LogP contribution in [0.2, 0.25) is 0 Å². The van der Waals surface area contributed by atoms with Crippen LogP contribution in [-0.2, 0) is 6.42 Å². The van der Waals surface area contributed by atoms with Crippen molar-refractivity contribution in [1.82, 2.24) is 4.98 Å². The van der Waals surface area contributed by atoms with Crippen molar-refractivity contribution in [2.75, 3.05) is 31.4 Å². The lowest BCUT2D eigenvalue weighted by molar-refractivity contribution is 0.530. The van der Waals surface area contributed by atoms with Gasteiger partial charge in [0.25, 0.3) is 6.01 Å². The summed E-state index contributed by atoms with van der Waals surface area (Å²) in [5.41, 5.74) is 2.41. The maximum absolute atomic E-state index is 5.48. The van der Waals surface area contributed by atoms with Crippen LogP contribution in [0.3, 0.4) is 0 Å². The zero-order chi connectivity index (χ0) is 12.3. The van der Waals surface area contributed by atoms with Gasteiger partial charge in [0.15, 0.2) is 0 Å². The number of anilines is 2. The van der Waals surface area contributed by atoms with Gasteiger partial charge in [-0.1, -0.05) is 12.1 Å². The van der Waals surface area contributed by atoms with E-state index in [4.69, 9.17) is 4.42 Å². The van der Waals surface area contributed by atoms with Crippen molar-refractivity contribution in [2.24, 2.45) is 0 Å². The van der Waals surface area contributed by atoms with E-state index < -0.39 is 0 Å². The Kier molecular flexibility index (Phi) is 3.32. The van der Waals surface area contributed by atoms with Crippen LogP contribution in [0.15, 0.2) is 34.9 Å². The van der Waals surface area contributed by atoms with Crippen LogP contribution in [0.25, 0.3) is 0 Å². The molecule has 0 radical (unpaired) electrons. The SMILES string of the molecule is CNc1ncc(Cc2ccc(N(C)C)cc2)o1. The molecular formula is C13H17N3O. The zero-order valence-electron chi connectivity index (χ0n) is 10.4. The van der Waals surface area contributed by atoms with Crippen molar-refractivity contribution in [2.45, 2.75) is 6.42 Å². The normalized spacial score (nSPS) is 10.3. The Morgan fingerprint density at radius 2 is 1.94 bits per heavy atom. The van der Waals surface area contributed by atoms with Crippen LogP contribution in [0.5, 0.6) is 0 Å². The molecule has 0 aliphatic carbocycles. The highest BCUT2D eigenvalue weighted by molar-refractivity contribution is 5.46. The Labute approximate surface area is 101 Å². The third-order valence-corrected chi connectivity index (χ3v) is 2.60. The van der Waals surface area contributed by atoms with E-state index in [9.17, 15) is 0 Å². The molecule has 0 aliphatic heterocycles. The number of aromatic nitrogens is 1. The molecule has 0 atom stereocenters. The quantitative estimate of drug-likeness (QED) is 0.877. The van der Waals surface area contributed by atoms with Crippen LogP contribution >= 0.6 is 0 Å². The summed E-state index contributed by atoms with van der Waals surface area (Å²) in [6.07, 6.45) is 2.52. The van der Waals surface area contributed by atoms with E-state index in [1.54, 1.807) is 13.2 Å². The Morgan fingerprint density at radius 1 is 1.24 bits per heavy atom. The smallest absolute Gasteiger partial charge is 0.294 e. The molecule has 2 aromatic rings. The number of hydrogen-bond donors (Lipinski definition) is 1. The number of nitrogens with zero attached hydrogens (tertiary/aromatic N) is 2. The van der Waals surface area contributed by atoms with Crippen molar-refractivity contribution in [3.63, 3.8) is 0 Å². The summed E-state index contributed by atoms with van der Waals surface area (Å²) >= 11 is 0. The second-order valence-corrected chi connectivity index (χ2v) is 4.12. The molecule has 0 bridgehead atoms. The average Bonchev–Trinajstić information content (AvgIpc) is 2.77. The standard InChI is InChI=1S/C13H17N3O/c1-14-13-15-9-12(17-13)8-10-4-6-11(7-5-10)16(2)3/h4-7,9H,8H2,1-3H3,(H,14,15). The maximum atomic E-state index is 5.48. The first-order valence-corrected chi connectivity index (χ1v) is 5.58. The van der Waals surface area contributed by atoms with E-state index >= 15 is 0 Å². The first-order chi connectivity index (χ1) is 8.19. The van der Waals surface area contributed by atoms with E-state index in [0.29, 0.717) is 6.01 Å². The lowest BCUT2D eigenvalue weighted by atomic mass is 10.1. The molecule has 0 unspecified atom stereocenters. The third kappa shape index (κ3) is 2.78. The number of benzene rings is 1. The number of nitrogens with one attached hydrogen (secondary N) is 1. The predicted molar refractivity (Wildman–Crippen MR) is 69.6 cm³/mol. The summed E-state index contributed by atoms with van der Waals surface area (Å²) in [4.78, 5) is 6.17. The van der Waals surface area contributed by atoms with Gasteiger partial charge in [-0.25, -0.2) is 4.98 Å². The molecule has 0 saturated carbocycles. The molecule has 1 aromatic heterocycles. The summed E-state index contributed by atoms with van der Waals surface area (Å²) in [6, 6.07) is 8.98. The molecule has 0 aliphatic rings. The molecule has 4 nitrogen and oxygen atoms in total. The van der Waals surface area contributed by atoms with E-state index in [2.05, 4.69) is 39.5 Å². The predicted octanol–water partition coefficient (Wildman–Crippen LogP) is 2.37. The van der Waals surface area contributed by atoms with Crippen LogP contribution in [0.4, 0.5) is 11.7 Å². The maximum Gasteiger partial charge on any atom is 0.294 e. The Morgan fingerprint density at radius 3 is 2.47 bits per heavy atom. The minimum Gasteiger partial charge on any atom is -0.428 e. The van der Waals surface area contributed by atoms with Gasteiger partial charge in [0.2, 0.25) is 0 Å². The summed E-state index contributed by atoms with van der Waals surface area (Å²) in [5, 5.41) is 2.87. The van der Waals surface area contributed by atoms with Gasteiger partial charge in [-0.05, 0) is 17.7 Å². The van der Waals surface area contributed by atoms with Gasteiger partial charge in [-0.3, -0.25) is 0 Å².